The zero-order chi connectivity index (χ0) is 21.8. The van der Waals surface area contributed by atoms with Gasteiger partial charge in [0.1, 0.15) is 17.6 Å². The smallest absolute Gasteiger partial charge is 0.243 e. The highest BCUT2D eigenvalue weighted by Crippen LogP contribution is 2.29. The highest BCUT2D eigenvalue weighted by molar-refractivity contribution is 6.35. The molecule has 0 saturated carbocycles. The van der Waals surface area contributed by atoms with E-state index in [0.29, 0.717) is 35.2 Å². The summed E-state index contributed by atoms with van der Waals surface area (Å²) in [5, 5.41) is 4.18. The number of furan rings is 1. The fraction of sp³-hybridized carbons (Fsp3) is 0.250. The number of halogens is 2. The van der Waals surface area contributed by atoms with Crippen LogP contribution in [0, 0.1) is 0 Å². The number of hydrogen-bond acceptors (Lipinski definition) is 3. The molecule has 2 heterocycles. The molecule has 0 aliphatic carbocycles. The number of carbonyl (C=O) groups excluding carboxylic acids is 1. The Labute approximate surface area is 191 Å². The molecular formula is C24H23Cl2N3O2. The van der Waals surface area contributed by atoms with Gasteiger partial charge in [0, 0.05) is 16.5 Å². The predicted molar refractivity (Wildman–Crippen MR) is 124 cm³/mol. The summed E-state index contributed by atoms with van der Waals surface area (Å²) in [6, 6.07) is 16.6. The fourth-order valence-corrected chi connectivity index (χ4v) is 4.23. The molecule has 7 heteroatoms. The van der Waals surface area contributed by atoms with Gasteiger partial charge in [-0.15, -0.1) is 0 Å². The summed E-state index contributed by atoms with van der Waals surface area (Å²) in [7, 11) is 0. The van der Waals surface area contributed by atoms with Crippen LogP contribution in [0.15, 0.2) is 65.3 Å². The number of fused-ring (bicyclic) bond motifs is 1. The number of hydrogen-bond donors (Lipinski definition) is 1. The van der Waals surface area contributed by atoms with Crippen molar-refractivity contribution in [2.75, 3.05) is 0 Å². The molecule has 1 atom stereocenters. The van der Waals surface area contributed by atoms with E-state index < -0.39 is 6.04 Å². The minimum Gasteiger partial charge on any atom is -0.467 e. The maximum Gasteiger partial charge on any atom is 0.243 e. The Kier molecular flexibility index (Phi) is 6.64. The second-order valence-electron chi connectivity index (χ2n) is 7.40. The van der Waals surface area contributed by atoms with Crippen LogP contribution in [-0.4, -0.2) is 15.5 Å². The van der Waals surface area contributed by atoms with Crippen molar-refractivity contribution in [3.63, 3.8) is 0 Å². The van der Waals surface area contributed by atoms with Gasteiger partial charge in [-0.05, 0) is 48.4 Å². The highest BCUT2D eigenvalue weighted by Gasteiger charge is 2.25. The van der Waals surface area contributed by atoms with E-state index in [0.717, 1.165) is 28.8 Å². The average molecular weight is 456 g/mol. The first kappa shape index (κ1) is 21.5. The molecule has 2 aromatic heterocycles. The second kappa shape index (κ2) is 9.58. The van der Waals surface area contributed by atoms with Crippen LogP contribution in [0.5, 0.6) is 0 Å². The number of amides is 1. The van der Waals surface area contributed by atoms with E-state index in [4.69, 9.17) is 32.6 Å². The molecule has 0 unspecified atom stereocenters. The molecule has 4 aromatic rings. The van der Waals surface area contributed by atoms with Crippen molar-refractivity contribution < 1.29 is 9.21 Å². The number of carbonyl (C=O) groups is 1. The molecule has 0 aliphatic rings. The first-order valence-electron chi connectivity index (χ1n) is 10.3. The number of benzene rings is 2. The molecule has 1 N–H and O–H groups in total. The third kappa shape index (κ3) is 4.78. The van der Waals surface area contributed by atoms with Crippen molar-refractivity contribution >= 4 is 40.1 Å². The molecule has 0 radical (unpaired) electrons. The van der Waals surface area contributed by atoms with Gasteiger partial charge in [0.15, 0.2) is 0 Å². The second-order valence-corrected chi connectivity index (χ2v) is 8.24. The standard InChI is InChI=1S/C24H23Cl2N3O2/c1-2-6-22(24(30)27-15-18-7-5-12-31-18)29-21-9-4-3-8-20(21)28-23(29)13-16-10-11-17(25)14-19(16)26/h3-5,7-12,14,22H,2,6,13,15H2,1H3,(H,27,30)/t22-/m1/s1. The van der Waals surface area contributed by atoms with Crippen molar-refractivity contribution in [1.29, 1.82) is 0 Å². The fourth-order valence-electron chi connectivity index (χ4n) is 3.76. The van der Waals surface area contributed by atoms with E-state index >= 15 is 0 Å². The lowest BCUT2D eigenvalue weighted by Crippen LogP contribution is -2.33. The number of nitrogens with one attached hydrogen (secondary N) is 1. The van der Waals surface area contributed by atoms with Crippen molar-refractivity contribution in [3.8, 4) is 0 Å². The molecule has 1 amide bonds. The zero-order valence-electron chi connectivity index (χ0n) is 17.1. The van der Waals surface area contributed by atoms with Crippen LogP contribution in [-0.2, 0) is 17.8 Å². The Balaban J connectivity index is 1.71. The van der Waals surface area contributed by atoms with Gasteiger partial charge in [-0.25, -0.2) is 4.98 Å². The van der Waals surface area contributed by atoms with Crippen LogP contribution in [0.2, 0.25) is 10.0 Å². The number of aromatic nitrogens is 2. The van der Waals surface area contributed by atoms with Crippen LogP contribution in [0.4, 0.5) is 0 Å². The zero-order valence-corrected chi connectivity index (χ0v) is 18.7. The SMILES string of the molecule is CCC[C@H](C(=O)NCc1ccco1)n1c(Cc2ccc(Cl)cc2Cl)nc2ccccc21. The van der Waals surface area contributed by atoms with Gasteiger partial charge in [-0.1, -0.05) is 54.7 Å². The number of nitrogens with zero attached hydrogens (tertiary/aromatic N) is 2. The van der Waals surface area contributed by atoms with Crippen molar-refractivity contribution in [2.45, 2.75) is 38.8 Å². The quantitative estimate of drug-likeness (QED) is 0.344. The molecule has 0 fully saturated rings. The lowest BCUT2D eigenvalue weighted by molar-refractivity contribution is -0.124. The molecular weight excluding hydrogens is 433 g/mol. The molecule has 0 spiro atoms. The molecule has 0 saturated heterocycles. The van der Waals surface area contributed by atoms with Gasteiger partial charge < -0.3 is 14.3 Å². The van der Waals surface area contributed by atoms with Gasteiger partial charge in [0.05, 0.1) is 23.8 Å². The van der Waals surface area contributed by atoms with Crippen LogP contribution in [0.1, 0.15) is 43.0 Å². The molecule has 0 aliphatic heterocycles. The van der Waals surface area contributed by atoms with Gasteiger partial charge >= 0.3 is 0 Å². The van der Waals surface area contributed by atoms with Gasteiger partial charge in [0.25, 0.3) is 0 Å². The van der Waals surface area contributed by atoms with E-state index in [1.54, 1.807) is 12.3 Å². The molecule has 4 rings (SSSR count). The van der Waals surface area contributed by atoms with E-state index in [1.807, 2.05) is 53.1 Å². The first-order valence-corrected chi connectivity index (χ1v) is 11.0. The van der Waals surface area contributed by atoms with Crippen molar-refractivity contribution in [3.05, 3.63) is 88.1 Å². The van der Waals surface area contributed by atoms with Gasteiger partial charge in [-0.3, -0.25) is 4.79 Å². The van der Waals surface area contributed by atoms with Gasteiger partial charge in [-0.2, -0.15) is 0 Å². The monoisotopic (exact) mass is 455 g/mol. The normalized spacial score (nSPS) is 12.2. The Hall–Kier alpha value is -2.76. The summed E-state index contributed by atoms with van der Waals surface area (Å²) in [4.78, 5) is 18.1. The highest BCUT2D eigenvalue weighted by atomic mass is 35.5. The molecule has 2 aromatic carbocycles. The number of imidazole rings is 1. The van der Waals surface area contributed by atoms with Crippen LogP contribution in [0.3, 0.4) is 0 Å². The van der Waals surface area contributed by atoms with Crippen molar-refractivity contribution in [1.82, 2.24) is 14.9 Å². The minimum absolute atomic E-state index is 0.0649. The van der Waals surface area contributed by atoms with Gasteiger partial charge in [0.2, 0.25) is 5.91 Å². The summed E-state index contributed by atoms with van der Waals surface area (Å²) in [5.41, 5.74) is 2.69. The van der Waals surface area contributed by atoms with Crippen LogP contribution in [0.25, 0.3) is 11.0 Å². The first-order chi connectivity index (χ1) is 15.1. The molecule has 0 bridgehead atoms. The lowest BCUT2D eigenvalue weighted by Gasteiger charge is -2.21. The summed E-state index contributed by atoms with van der Waals surface area (Å²) in [5.74, 6) is 1.44. The van der Waals surface area contributed by atoms with E-state index in [2.05, 4.69) is 12.2 Å². The summed E-state index contributed by atoms with van der Waals surface area (Å²) < 4.78 is 7.39. The molecule has 160 valence electrons. The largest absolute Gasteiger partial charge is 0.467 e. The Morgan fingerprint density at radius 1 is 1.16 bits per heavy atom. The van der Waals surface area contributed by atoms with Crippen LogP contribution < -0.4 is 5.32 Å². The van der Waals surface area contributed by atoms with E-state index in [1.165, 1.54) is 0 Å². The summed E-state index contributed by atoms with van der Waals surface area (Å²) in [6.45, 7) is 2.42. The Morgan fingerprint density at radius 3 is 2.74 bits per heavy atom. The predicted octanol–water partition coefficient (Wildman–Crippen LogP) is 6.18. The minimum atomic E-state index is -0.395. The molecule has 31 heavy (non-hydrogen) atoms. The lowest BCUT2D eigenvalue weighted by atomic mass is 10.1. The van der Waals surface area contributed by atoms with E-state index in [-0.39, 0.29) is 5.91 Å². The van der Waals surface area contributed by atoms with Crippen LogP contribution >= 0.6 is 23.2 Å². The molecule has 5 nitrogen and oxygen atoms in total. The maximum atomic E-state index is 13.2. The topological polar surface area (TPSA) is 60.1 Å². The third-order valence-corrected chi connectivity index (χ3v) is 5.81. The Bertz CT molecular complexity index is 1180. The summed E-state index contributed by atoms with van der Waals surface area (Å²) in [6.07, 6.45) is 3.64. The Morgan fingerprint density at radius 2 is 2.00 bits per heavy atom. The van der Waals surface area contributed by atoms with Crippen molar-refractivity contribution in [2.24, 2.45) is 0 Å². The number of rotatable bonds is 8. The maximum absolute atomic E-state index is 13.2. The third-order valence-electron chi connectivity index (χ3n) is 5.23. The average Bonchev–Trinajstić information content (AvgIpc) is 3.40. The number of para-hydroxylation sites is 2. The summed E-state index contributed by atoms with van der Waals surface area (Å²) >= 11 is 12.5. The van der Waals surface area contributed by atoms with E-state index in [9.17, 15) is 4.79 Å².